The highest BCUT2D eigenvalue weighted by Crippen LogP contribution is 2.27. The first-order valence-corrected chi connectivity index (χ1v) is 12.2. The van der Waals surface area contributed by atoms with Gasteiger partial charge in [0.25, 0.3) is 5.91 Å². The molecule has 0 spiro atoms. The molecule has 1 N–H and O–H groups in total. The van der Waals surface area contributed by atoms with E-state index >= 15 is 0 Å². The van der Waals surface area contributed by atoms with Gasteiger partial charge in [0.15, 0.2) is 11.0 Å². The van der Waals surface area contributed by atoms with Gasteiger partial charge in [-0.3, -0.25) is 9.36 Å². The summed E-state index contributed by atoms with van der Waals surface area (Å²) in [6.45, 7) is 4.84. The van der Waals surface area contributed by atoms with Gasteiger partial charge in [-0.25, -0.2) is 0 Å². The second kappa shape index (κ2) is 11.0. The SMILES string of the molecule is CCCCSc1nnc(-c2ccc(NC(=O)c3ccccc3C)cc2)n1Cc1ccccc1. The zero-order valence-electron chi connectivity index (χ0n) is 19.0. The zero-order chi connectivity index (χ0) is 23.0. The van der Waals surface area contributed by atoms with E-state index in [0.717, 1.165) is 46.4 Å². The van der Waals surface area contributed by atoms with Crippen LogP contribution in [0.15, 0.2) is 84.0 Å². The van der Waals surface area contributed by atoms with Gasteiger partial charge in [0.05, 0.1) is 6.54 Å². The summed E-state index contributed by atoms with van der Waals surface area (Å²) in [4.78, 5) is 12.6. The number of hydrogen-bond donors (Lipinski definition) is 1. The third-order valence-electron chi connectivity index (χ3n) is 5.42. The Morgan fingerprint density at radius 1 is 0.939 bits per heavy atom. The first-order chi connectivity index (χ1) is 16.2. The number of thioether (sulfide) groups is 1. The van der Waals surface area contributed by atoms with Crippen molar-refractivity contribution in [3.8, 4) is 11.4 Å². The highest BCUT2D eigenvalue weighted by Gasteiger charge is 2.15. The number of aromatic nitrogens is 3. The number of nitrogens with zero attached hydrogens (tertiary/aromatic N) is 3. The van der Waals surface area contributed by atoms with Crippen molar-refractivity contribution < 1.29 is 4.79 Å². The van der Waals surface area contributed by atoms with Gasteiger partial charge in [-0.05, 0) is 54.8 Å². The van der Waals surface area contributed by atoms with Crippen molar-refractivity contribution in [2.45, 2.75) is 38.4 Å². The van der Waals surface area contributed by atoms with Crippen molar-refractivity contribution in [3.05, 3.63) is 95.6 Å². The van der Waals surface area contributed by atoms with Gasteiger partial charge in [-0.2, -0.15) is 0 Å². The molecule has 168 valence electrons. The number of benzene rings is 3. The number of aryl methyl sites for hydroxylation is 1. The van der Waals surface area contributed by atoms with E-state index in [1.54, 1.807) is 11.8 Å². The Kier molecular flexibility index (Phi) is 7.58. The molecule has 1 heterocycles. The van der Waals surface area contributed by atoms with Gasteiger partial charge >= 0.3 is 0 Å². The van der Waals surface area contributed by atoms with Crippen LogP contribution in [-0.4, -0.2) is 26.4 Å². The fraction of sp³-hybridized carbons (Fsp3) is 0.222. The standard InChI is InChI=1S/C27H28N4OS/c1-3-4-18-33-27-30-29-25(31(27)19-21-11-6-5-7-12-21)22-14-16-23(17-15-22)28-26(32)24-13-9-8-10-20(24)2/h5-17H,3-4,18-19H2,1-2H3,(H,28,32). The fourth-order valence-corrected chi connectivity index (χ4v) is 4.58. The lowest BCUT2D eigenvalue weighted by molar-refractivity contribution is 0.102. The highest BCUT2D eigenvalue weighted by atomic mass is 32.2. The number of carbonyl (C=O) groups excluding carboxylic acids is 1. The molecule has 5 nitrogen and oxygen atoms in total. The third-order valence-corrected chi connectivity index (χ3v) is 6.47. The van der Waals surface area contributed by atoms with Crippen LogP contribution in [0.25, 0.3) is 11.4 Å². The second-order valence-corrected chi connectivity index (χ2v) is 8.99. The van der Waals surface area contributed by atoms with Crippen molar-refractivity contribution in [1.29, 1.82) is 0 Å². The lowest BCUT2D eigenvalue weighted by Crippen LogP contribution is -2.13. The molecule has 0 aliphatic heterocycles. The smallest absolute Gasteiger partial charge is 0.255 e. The molecule has 0 aliphatic rings. The Labute approximate surface area is 199 Å². The van der Waals surface area contributed by atoms with E-state index < -0.39 is 0 Å². The Hall–Kier alpha value is -3.38. The molecule has 0 aliphatic carbocycles. The van der Waals surface area contributed by atoms with Gasteiger partial charge in [0.1, 0.15) is 0 Å². The molecule has 6 heteroatoms. The summed E-state index contributed by atoms with van der Waals surface area (Å²) < 4.78 is 2.18. The van der Waals surface area contributed by atoms with Crippen LogP contribution in [-0.2, 0) is 6.54 Å². The van der Waals surface area contributed by atoms with Crippen molar-refractivity contribution in [1.82, 2.24) is 14.8 Å². The summed E-state index contributed by atoms with van der Waals surface area (Å²) in [6.07, 6.45) is 2.30. The molecular formula is C27H28N4OS. The summed E-state index contributed by atoms with van der Waals surface area (Å²) in [5.74, 6) is 1.74. The van der Waals surface area contributed by atoms with E-state index in [-0.39, 0.29) is 5.91 Å². The van der Waals surface area contributed by atoms with E-state index in [9.17, 15) is 4.79 Å². The first kappa shape index (κ1) is 22.8. The summed E-state index contributed by atoms with van der Waals surface area (Å²) in [5.41, 5.74) is 4.55. The van der Waals surface area contributed by atoms with Gasteiger partial charge in [0, 0.05) is 22.6 Å². The van der Waals surface area contributed by atoms with Crippen LogP contribution in [0.2, 0.25) is 0 Å². The maximum absolute atomic E-state index is 12.6. The number of rotatable bonds is 9. The van der Waals surface area contributed by atoms with Crippen LogP contribution >= 0.6 is 11.8 Å². The molecule has 33 heavy (non-hydrogen) atoms. The molecule has 4 rings (SSSR count). The number of amides is 1. The van der Waals surface area contributed by atoms with Crippen LogP contribution in [0.1, 0.15) is 41.3 Å². The maximum atomic E-state index is 12.6. The van der Waals surface area contributed by atoms with Crippen LogP contribution < -0.4 is 5.32 Å². The van der Waals surface area contributed by atoms with Gasteiger partial charge in [-0.15, -0.1) is 10.2 Å². The Morgan fingerprint density at radius 2 is 1.67 bits per heavy atom. The number of unbranched alkanes of at least 4 members (excludes halogenated alkanes) is 1. The van der Waals surface area contributed by atoms with Crippen molar-refractivity contribution in [3.63, 3.8) is 0 Å². The minimum absolute atomic E-state index is 0.109. The number of nitrogens with one attached hydrogen (secondary N) is 1. The summed E-state index contributed by atoms with van der Waals surface area (Å²) in [6, 6.07) is 25.7. The van der Waals surface area contributed by atoms with Crippen LogP contribution in [0.5, 0.6) is 0 Å². The Bertz CT molecular complexity index is 1200. The van der Waals surface area contributed by atoms with Crippen LogP contribution in [0, 0.1) is 6.92 Å². The number of hydrogen-bond acceptors (Lipinski definition) is 4. The fourth-order valence-electron chi connectivity index (χ4n) is 3.55. The largest absolute Gasteiger partial charge is 0.322 e. The number of carbonyl (C=O) groups is 1. The molecule has 0 bridgehead atoms. The molecule has 1 amide bonds. The molecule has 4 aromatic rings. The third kappa shape index (κ3) is 5.71. The topological polar surface area (TPSA) is 59.8 Å². The lowest BCUT2D eigenvalue weighted by atomic mass is 10.1. The normalized spacial score (nSPS) is 10.8. The lowest BCUT2D eigenvalue weighted by Gasteiger charge is -2.11. The van der Waals surface area contributed by atoms with Crippen molar-refractivity contribution >= 4 is 23.4 Å². The average Bonchev–Trinajstić information content (AvgIpc) is 3.23. The van der Waals surface area contributed by atoms with E-state index in [0.29, 0.717) is 12.1 Å². The van der Waals surface area contributed by atoms with Crippen molar-refractivity contribution in [2.24, 2.45) is 0 Å². The molecule has 1 aromatic heterocycles. The van der Waals surface area contributed by atoms with Gasteiger partial charge < -0.3 is 5.32 Å². The predicted octanol–water partition coefficient (Wildman–Crippen LogP) is 6.45. The minimum atomic E-state index is -0.109. The zero-order valence-corrected chi connectivity index (χ0v) is 19.8. The van der Waals surface area contributed by atoms with Gasteiger partial charge in [0.2, 0.25) is 0 Å². The van der Waals surface area contributed by atoms with Gasteiger partial charge in [-0.1, -0.05) is 73.6 Å². The van der Waals surface area contributed by atoms with E-state index in [2.05, 4.69) is 51.3 Å². The van der Waals surface area contributed by atoms with E-state index in [1.807, 2.05) is 61.5 Å². The first-order valence-electron chi connectivity index (χ1n) is 11.2. The Morgan fingerprint density at radius 3 is 2.39 bits per heavy atom. The average molecular weight is 457 g/mol. The maximum Gasteiger partial charge on any atom is 0.255 e. The van der Waals surface area contributed by atoms with Crippen LogP contribution in [0.3, 0.4) is 0 Å². The van der Waals surface area contributed by atoms with Crippen LogP contribution in [0.4, 0.5) is 5.69 Å². The number of anilines is 1. The molecule has 0 atom stereocenters. The molecule has 0 saturated carbocycles. The summed E-state index contributed by atoms with van der Waals surface area (Å²) in [7, 11) is 0. The molecule has 0 saturated heterocycles. The van der Waals surface area contributed by atoms with Crippen molar-refractivity contribution in [2.75, 3.05) is 11.1 Å². The predicted molar refractivity (Wildman–Crippen MR) is 136 cm³/mol. The van der Waals surface area contributed by atoms with E-state index in [4.69, 9.17) is 0 Å². The monoisotopic (exact) mass is 456 g/mol. The Balaban J connectivity index is 1.56. The summed E-state index contributed by atoms with van der Waals surface area (Å²) in [5, 5.41) is 12.9. The highest BCUT2D eigenvalue weighted by molar-refractivity contribution is 7.99. The molecule has 3 aromatic carbocycles. The second-order valence-electron chi connectivity index (χ2n) is 7.93. The minimum Gasteiger partial charge on any atom is -0.322 e. The molecule has 0 radical (unpaired) electrons. The molecule has 0 unspecified atom stereocenters. The molecular weight excluding hydrogens is 428 g/mol. The summed E-state index contributed by atoms with van der Waals surface area (Å²) >= 11 is 1.75. The van der Waals surface area contributed by atoms with E-state index in [1.165, 1.54) is 5.56 Å². The molecule has 0 fully saturated rings. The quantitative estimate of drug-likeness (QED) is 0.232.